The SMILES string of the molecule is CC(=O)O[C@@H]1[C@@H](O)C2=C(C(=O)[C@H](O)[C@@]3(C[C@@H]3C)C2=O)[C@@]2(C)C[C@H](O)[C@H](O)C(C)(C)[C@H]12. The van der Waals surface area contributed by atoms with E-state index < -0.39 is 70.2 Å². The number of esters is 1. The average Bonchev–Trinajstić information content (AvgIpc) is 3.30. The Morgan fingerprint density at radius 3 is 2.13 bits per heavy atom. The molecule has 1 spiro atoms. The summed E-state index contributed by atoms with van der Waals surface area (Å²) in [5.74, 6) is -2.75. The van der Waals surface area contributed by atoms with Crippen molar-refractivity contribution in [1.82, 2.24) is 0 Å². The smallest absolute Gasteiger partial charge is 0.303 e. The zero-order chi connectivity index (χ0) is 22.5. The van der Waals surface area contributed by atoms with Gasteiger partial charge in [0.05, 0.1) is 17.6 Å². The molecule has 0 saturated heterocycles. The summed E-state index contributed by atoms with van der Waals surface area (Å²) < 4.78 is 5.49. The minimum Gasteiger partial charge on any atom is -0.459 e. The van der Waals surface area contributed by atoms with Gasteiger partial charge in [-0.05, 0) is 18.8 Å². The lowest BCUT2D eigenvalue weighted by molar-refractivity contribution is -0.211. The van der Waals surface area contributed by atoms with Gasteiger partial charge in [0, 0.05) is 34.8 Å². The average molecular weight is 422 g/mol. The molecule has 30 heavy (non-hydrogen) atoms. The number of carbonyl (C=O) groups is 3. The van der Waals surface area contributed by atoms with Crippen LogP contribution in [-0.4, -0.2) is 68.5 Å². The highest BCUT2D eigenvalue weighted by molar-refractivity contribution is 6.19. The number of fused-ring (bicyclic) bond motifs is 2. The van der Waals surface area contributed by atoms with Gasteiger partial charge in [0.25, 0.3) is 0 Å². The van der Waals surface area contributed by atoms with Crippen LogP contribution in [0.15, 0.2) is 11.1 Å². The van der Waals surface area contributed by atoms with Crippen LogP contribution in [0, 0.1) is 28.1 Å². The maximum absolute atomic E-state index is 13.5. The first-order chi connectivity index (χ1) is 13.7. The van der Waals surface area contributed by atoms with Gasteiger partial charge in [-0.15, -0.1) is 0 Å². The summed E-state index contributed by atoms with van der Waals surface area (Å²) in [5.41, 5.74) is -3.61. The Morgan fingerprint density at radius 1 is 1.07 bits per heavy atom. The van der Waals surface area contributed by atoms with Gasteiger partial charge in [-0.25, -0.2) is 0 Å². The second-order valence-electron chi connectivity index (χ2n) is 10.5. The zero-order valence-electron chi connectivity index (χ0n) is 17.9. The van der Waals surface area contributed by atoms with Crippen molar-refractivity contribution in [3.8, 4) is 0 Å². The van der Waals surface area contributed by atoms with E-state index in [1.807, 2.05) is 0 Å². The molecule has 2 fully saturated rings. The third-order valence-electron chi connectivity index (χ3n) is 8.34. The number of carbonyl (C=O) groups excluding carboxylic acids is 3. The van der Waals surface area contributed by atoms with Crippen LogP contribution >= 0.6 is 0 Å². The number of aliphatic hydroxyl groups excluding tert-OH is 4. The molecule has 4 aliphatic rings. The summed E-state index contributed by atoms with van der Waals surface area (Å²) in [7, 11) is 0. The number of ether oxygens (including phenoxy) is 1. The lowest BCUT2D eigenvalue weighted by Crippen LogP contribution is -2.68. The van der Waals surface area contributed by atoms with E-state index in [1.54, 1.807) is 27.7 Å². The first-order valence-corrected chi connectivity index (χ1v) is 10.5. The van der Waals surface area contributed by atoms with Crippen molar-refractivity contribution in [2.75, 3.05) is 0 Å². The van der Waals surface area contributed by atoms with Crippen LogP contribution in [0.4, 0.5) is 0 Å². The van der Waals surface area contributed by atoms with Gasteiger partial charge >= 0.3 is 5.97 Å². The fourth-order valence-electron chi connectivity index (χ4n) is 6.90. The van der Waals surface area contributed by atoms with Gasteiger partial charge < -0.3 is 25.2 Å². The highest BCUT2D eigenvalue weighted by Crippen LogP contribution is 2.66. The molecule has 8 nitrogen and oxygen atoms in total. The van der Waals surface area contributed by atoms with Crippen LogP contribution in [0.5, 0.6) is 0 Å². The fraction of sp³-hybridized carbons (Fsp3) is 0.773. The van der Waals surface area contributed by atoms with E-state index in [-0.39, 0.29) is 23.5 Å². The lowest BCUT2D eigenvalue weighted by Gasteiger charge is -2.61. The normalized spacial score (nSPS) is 49.6. The summed E-state index contributed by atoms with van der Waals surface area (Å²) in [6.45, 7) is 7.99. The lowest BCUT2D eigenvalue weighted by atomic mass is 9.45. The first-order valence-electron chi connectivity index (χ1n) is 10.5. The van der Waals surface area contributed by atoms with Crippen molar-refractivity contribution < 1.29 is 39.5 Å². The van der Waals surface area contributed by atoms with E-state index in [1.165, 1.54) is 6.92 Å². The molecular formula is C22H30O8. The highest BCUT2D eigenvalue weighted by atomic mass is 16.6. The Kier molecular flexibility index (Phi) is 4.48. The largest absolute Gasteiger partial charge is 0.459 e. The first kappa shape index (κ1) is 21.6. The molecular weight excluding hydrogens is 392 g/mol. The number of aliphatic hydroxyl groups is 4. The molecule has 0 bridgehead atoms. The quantitative estimate of drug-likeness (QED) is 0.430. The number of hydrogen-bond donors (Lipinski definition) is 4. The number of rotatable bonds is 1. The third-order valence-corrected chi connectivity index (χ3v) is 8.34. The van der Waals surface area contributed by atoms with Crippen molar-refractivity contribution in [2.45, 2.75) is 78.0 Å². The van der Waals surface area contributed by atoms with E-state index in [2.05, 4.69) is 0 Å². The molecule has 0 aromatic rings. The standard InChI is InChI=1S/C22H30O8/c1-8-6-22(8)18(28)11-12(14(26)19(22)29)21(5)7-10(24)17(27)20(3,4)16(21)15(13(11)25)30-9(2)23/h8,10,13,15-17,19,24-25,27,29H,6-7H2,1-5H3/t8-,10-,13-,15+,16-,17-,19-,21+,22+/m0/s1. The molecule has 4 aliphatic carbocycles. The van der Waals surface area contributed by atoms with Crippen LogP contribution in [0.1, 0.15) is 47.5 Å². The van der Waals surface area contributed by atoms with Gasteiger partial charge in [0.2, 0.25) is 0 Å². The summed E-state index contributed by atoms with van der Waals surface area (Å²) >= 11 is 0. The van der Waals surface area contributed by atoms with E-state index in [0.29, 0.717) is 6.42 Å². The minimum atomic E-state index is -1.56. The van der Waals surface area contributed by atoms with E-state index in [9.17, 15) is 34.8 Å². The predicted molar refractivity (Wildman–Crippen MR) is 103 cm³/mol. The Morgan fingerprint density at radius 2 is 1.63 bits per heavy atom. The Bertz CT molecular complexity index is 874. The summed E-state index contributed by atoms with van der Waals surface area (Å²) in [5, 5.41) is 43.4. The molecule has 0 aromatic carbocycles. The predicted octanol–water partition coefficient (Wildman–Crippen LogP) is -0.0977. The third kappa shape index (κ3) is 2.39. The molecule has 0 unspecified atom stereocenters. The van der Waals surface area contributed by atoms with Gasteiger partial charge in [0.15, 0.2) is 11.6 Å². The molecule has 8 heteroatoms. The molecule has 0 aliphatic heterocycles. The molecule has 0 amide bonds. The molecule has 4 rings (SSSR count). The van der Waals surface area contributed by atoms with Crippen molar-refractivity contribution in [2.24, 2.45) is 28.1 Å². The van der Waals surface area contributed by atoms with Crippen molar-refractivity contribution >= 4 is 17.5 Å². The Labute approximate surface area is 174 Å². The number of Topliss-reactive ketones (excluding diaryl/α,β-unsaturated/α-hetero) is 2. The Hall–Kier alpha value is -1.61. The van der Waals surface area contributed by atoms with E-state index in [4.69, 9.17) is 4.74 Å². The topological polar surface area (TPSA) is 141 Å². The second-order valence-corrected chi connectivity index (χ2v) is 10.5. The number of hydrogen-bond acceptors (Lipinski definition) is 8. The van der Waals surface area contributed by atoms with Crippen LogP contribution < -0.4 is 0 Å². The number of ketones is 2. The summed E-state index contributed by atoms with van der Waals surface area (Å²) in [6.07, 6.45) is -6.37. The zero-order valence-corrected chi connectivity index (χ0v) is 17.9. The monoisotopic (exact) mass is 422 g/mol. The second kappa shape index (κ2) is 6.22. The highest BCUT2D eigenvalue weighted by Gasteiger charge is 2.73. The molecule has 0 heterocycles. The minimum absolute atomic E-state index is 0.00431. The molecule has 0 aromatic heterocycles. The Balaban J connectivity index is 1.99. The van der Waals surface area contributed by atoms with Crippen molar-refractivity contribution in [1.29, 1.82) is 0 Å². The van der Waals surface area contributed by atoms with Crippen LogP contribution in [0.2, 0.25) is 0 Å². The van der Waals surface area contributed by atoms with Gasteiger partial charge in [-0.1, -0.05) is 27.7 Å². The van der Waals surface area contributed by atoms with Crippen molar-refractivity contribution in [3.05, 3.63) is 11.1 Å². The van der Waals surface area contributed by atoms with Crippen LogP contribution in [0.25, 0.3) is 0 Å². The molecule has 4 N–H and O–H groups in total. The molecule has 2 saturated carbocycles. The molecule has 9 atom stereocenters. The van der Waals surface area contributed by atoms with Gasteiger partial charge in [0.1, 0.15) is 18.3 Å². The molecule has 166 valence electrons. The van der Waals surface area contributed by atoms with E-state index >= 15 is 0 Å². The van der Waals surface area contributed by atoms with E-state index in [0.717, 1.165) is 0 Å². The fourth-order valence-corrected chi connectivity index (χ4v) is 6.90. The summed E-state index contributed by atoms with van der Waals surface area (Å²) in [6, 6.07) is 0. The maximum atomic E-state index is 13.5. The van der Waals surface area contributed by atoms with Crippen LogP contribution in [-0.2, 0) is 19.1 Å². The van der Waals surface area contributed by atoms with Crippen molar-refractivity contribution in [3.63, 3.8) is 0 Å². The van der Waals surface area contributed by atoms with Crippen LogP contribution in [0.3, 0.4) is 0 Å². The molecule has 0 radical (unpaired) electrons. The van der Waals surface area contributed by atoms with Gasteiger partial charge in [-0.2, -0.15) is 0 Å². The summed E-state index contributed by atoms with van der Waals surface area (Å²) in [4.78, 5) is 38.8. The van der Waals surface area contributed by atoms with Gasteiger partial charge in [-0.3, -0.25) is 14.4 Å². The maximum Gasteiger partial charge on any atom is 0.303 e.